The number of carbonyl (C=O) groups is 2. The Labute approximate surface area is 266 Å². The second-order valence-electron chi connectivity index (χ2n) is 11.6. The number of nitrogens with zero attached hydrogens (tertiary/aromatic N) is 3. The van der Waals surface area contributed by atoms with Crippen molar-refractivity contribution in [2.24, 2.45) is 5.73 Å². The highest BCUT2D eigenvalue weighted by molar-refractivity contribution is 5.94. The molecule has 8 heteroatoms. The first-order chi connectivity index (χ1) is 21.9. The van der Waals surface area contributed by atoms with Crippen molar-refractivity contribution in [1.29, 1.82) is 0 Å². The summed E-state index contributed by atoms with van der Waals surface area (Å²) in [7, 11) is 2.13. The average molecular weight is 605 g/mol. The number of nitrogens with two attached hydrogens (primary N) is 1. The Balaban J connectivity index is 1.41. The quantitative estimate of drug-likeness (QED) is 0.211. The third kappa shape index (κ3) is 8.71. The van der Waals surface area contributed by atoms with Gasteiger partial charge in [-0.25, -0.2) is 4.79 Å². The molecule has 0 atom stereocenters. The minimum absolute atomic E-state index is 0.0645. The van der Waals surface area contributed by atoms with Crippen LogP contribution in [0.4, 0.5) is 16.2 Å². The molecule has 0 aliphatic carbocycles. The molecule has 8 nitrogen and oxygen atoms in total. The second-order valence-corrected chi connectivity index (χ2v) is 11.6. The standard InChI is InChI=1S/C37H44N6O2/c1-3-39-37(45)40-34-24-33(15-16-35(34)42-19-17-41(2)18-20-42)32-14-8-13-31(22-32)27-43(26-30-12-7-11-29(21-30)25-38)36(44)23-28-9-5-4-6-10-28/h4-16,21-22,24H,3,17-20,23,25-27,38H2,1-2H3,(H2,39,40,45). The van der Waals surface area contributed by atoms with Crippen LogP contribution in [0.15, 0.2) is 97.1 Å². The van der Waals surface area contributed by atoms with Gasteiger partial charge in [-0.1, -0.05) is 78.9 Å². The van der Waals surface area contributed by atoms with Gasteiger partial charge in [0, 0.05) is 52.4 Å². The molecule has 1 aliphatic heterocycles. The molecule has 45 heavy (non-hydrogen) atoms. The van der Waals surface area contributed by atoms with E-state index in [0.29, 0.717) is 32.6 Å². The van der Waals surface area contributed by atoms with Crippen LogP contribution in [0.2, 0.25) is 0 Å². The van der Waals surface area contributed by atoms with Crippen LogP contribution in [0.1, 0.15) is 29.2 Å². The second kappa shape index (κ2) is 15.4. The van der Waals surface area contributed by atoms with E-state index in [2.05, 4.69) is 69.9 Å². The first kappa shape index (κ1) is 31.8. The lowest BCUT2D eigenvalue weighted by atomic mass is 10.0. The Morgan fingerprint density at radius 1 is 0.756 bits per heavy atom. The van der Waals surface area contributed by atoms with Gasteiger partial charge in [0.1, 0.15) is 0 Å². The molecule has 1 aliphatic rings. The zero-order valence-corrected chi connectivity index (χ0v) is 26.3. The summed E-state index contributed by atoms with van der Waals surface area (Å²) in [6.45, 7) is 7.62. The van der Waals surface area contributed by atoms with E-state index in [1.165, 1.54) is 0 Å². The SMILES string of the molecule is CCNC(=O)Nc1cc(-c2cccc(CN(Cc3cccc(CN)c3)C(=O)Cc3ccccc3)c2)ccc1N1CCN(C)CC1. The number of nitrogens with one attached hydrogen (secondary N) is 2. The van der Waals surface area contributed by atoms with E-state index in [1.807, 2.05) is 66.4 Å². The van der Waals surface area contributed by atoms with Crippen molar-refractivity contribution in [3.63, 3.8) is 0 Å². The van der Waals surface area contributed by atoms with Gasteiger partial charge in [-0.2, -0.15) is 0 Å². The molecule has 1 heterocycles. The number of benzene rings is 4. The van der Waals surface area contributed by atoms with Gasteiger partial charge < -0.3 is 31.1 Å². The first-order valence-corrected chi connectivity index (χ1v) is 15.7. The van der Waals surface area contributed by atoms with Crippen LogP contribution in [0, 0.1) is 0 Å². The maximum atomic E-state index is 13.7. The topological polar surface area (TPSA) is 93.9 Å². The summed E-state index contributed by atoms with van der Waals surface area (Å²) in [5.41, 5.74) is 13.9. The Kier molecular flexibility index (Phi) is 10.8. The predicted molar refractivity (Wildman–Crippen MR) is 183 cm³/mol. The molecular formula is C37H44N6O2. The summed E-state index contributed by atoms with van der Waals surface area (Å²) in [5, 5.41) is 5.94. The van der Waals surface area contributed by atoms with E-state index in [9.17, 15) is 9.59 Å². The van der Waals surface area contributed by atoms with Gasteiger partial charge in [-0.05, 0) is 65.6 Å². The van der Waals surface area contributed by atoms with Gasteiger partial charge in [-0.3, -0.25) is 4.79 Å². The molecule has 0 saturated carbocycles. The number of hydrogen-bond acceptors (Lipinski definition) is 5. The Bertz CT molecular complexity index is 1580. The van der Waals surface area contributed by atoms with E-state index in [0.717, 1.165) is 70.9 Å². The van der Waals surface area contributed by atoms with E-state index >= 15 is 0 Å². The predicted octanol–water partition coefficient (Wildman–Crippen LogP) is 5.48. The van der Waals surface area contributed by atoms with Gasteiger partial charge in [0.25, 0.3) is 0 Å². The first-order valence-electron chi connectivity index (χ1n) is 15.7. The van der Waals surface area contributed by atoms with Crippen molar-refractivity contribution in [2.75, 3.05) is 50.0 Å². The van der Waals surface area contributed by atoms with Crippen molar-refractivity contribution in [1.82, 2.24) is 15.1 Å². The summed E-state index contributed by atoms with van der Waals surface area (Å²) in [6, 6.07) is 32.4. The van der Waals surface area contributed by atoms with Crippen LogP contribution in [-0.2, 0) is 30.8 Å². The molecule has 0 spiro atoms. The lowest BCUT2D eigenvalue weighted by Crippen LogP contribution is -2.44. The van der Waals surface area contributed by atoms with Crippen molar-refractivity contribution in [2.45, 2.75) is 33.0 Å². The largest absolute Gasteiger partial charge is 0.367 e. The summed E-state index contributed by atoms with van der Waals surface area (Å²) in [5.74, 6) is 0.0645. The van der Waals surface area contributed by atoms with Crippen molar-refractivity contribution in [3.8, 4) is 11.1 Å². The van der Waals surface area contributed by atoms with Crippen LogP contribution in [0.25, 0.3) is 11.1 Å². The summed E-state index contributed by atoms with van der Waals surface area (Å²) in [6.07, 6.45) is 0.333. The van der Waals surface area contributed by atoms with Crippen LogP contribution in [0.3, 0.4) is 0 Å². The van der Waals surface area contributed by atoms with E-state index in [-0.39, 0.29) is 11.9 Å². The molecule has 0 bridgehead atoms. The summed E-state index contributed by atoms with van der Waals surface area (Å²) >= 11 is 0. The van der Waals surface area contributed by atoms with Gasteiger partial charge >= 0.3 is 6.03 Å². The minimum atomic E-state index is -0.218. The highest BCUT2D eigenvalue weighted by Gasteiger charge is 2.20. The molecular weight excluding hydrogens is 560 g/mol. The zero-order chi connectivity index (χ0) is 31.6. The highest BCUT2D eigenvalue weighted by atomic mass is 16.2. The number of hydrogen-bond donors (Lipinski definition) is 3. The maximum absolute atomic E-state index is 13.7. The fraction of sp³-hybridized carbons (Fsp3) is 0.297. The van der Waals surface area contributed by atoms with Crippen molar-refractivity contribution >= 4 is 23.3 Å². The number of piperazine rings is 1. The van der Waals surface area contributed by atoms with Gasteiger partial charge in [0.15, 0.2) is 0 Å². The lowest BCUT2D eigenvalue weighted by Gasteiger charge is -2.35. The van der Waals surface area contributed by atoms with Gasteiger partial charge in [-0.15, -0.1) is 0 Å². The number of carbonyl (C=O) groups excluding carboxylic acids is 2. The van der Waals surface area contributed by atoms with Crippen LogP contribution in [0.5, 0.6) is 0 Å². The molecule has 0 aromatic heterocycles. The Hall–Kier alpha value is -4.66. The van der Waals surface area contributed by atoms with Crippen LogP contribution in [-0.4, -0.2) is 61.5 Å². The fourth-order valence-corrected chi connectivity index (χ4v) is 5.73. The molecule has 0 radical (unpaired) electrons. The Morgan fingerprint density at radius 3 is 2.11 bits per heavy atom. The van der Waals surface area contributed by atoms with Gasteiger partial charge in [0.05, 0.1) is 17.8 Å². The molecule has 3 amide bonds. The maximum Gasteiger partial charge on any atom is 0.319 e. The fourth-order valence-electron chi connectivity index (χ4n) is 5.73. The monoisotopic (exact) mass is 604 g/mol. The zero-order valence-electron chi connectivity index (χ0n) is 26.3. The summed E-state index contributed by atoms with van der Waals surface area (Å²) in [4.78, 5) is 32.9. The van der Waals surface area contributed by atoms with Gasteiger partial charge in [0.2, 0.25) is 5.91 Å². The molecule has 0 unspecified atom stereocenters. The van der Waals surface area contributed by atoms with E-state index in [4.69, 9.17) is 5.73 Å². The normalized spacial score (nSPS) is 13.4. The molecule has 5 rings (SSSR count). The Morgan fingerprint density at radius 2 is 1.40 bits per heavy atom. The third-order valence-corrected chi connectivity index (χ3v) is 8.21. The lowest BCUT2D eigenvalue weighted by molar-refractivity contribution is -0.131. The molecule has 4 aromatic rings. The minimum Gasteiger partial charge on any atom is -0.367 e. The average Bonchev–Trinajstić information content (AvgIpc) is 3.06. The molecule has 1 saturated heterocycles. The number of likely N-dealkylation sites (N-methyl/N-ethyl adjacent to an activating group) is 1. The summed E-state index contributed by atoms with van der Waals surface area (Å²) < 4.78 is 0. The van der Waals surface area contributed by atoms with Crippen molar-refractivity contribution < 1.29 is 9.59 Å². The molecule has 4 aromatic carbocycles. The number of urea groups is 1. The molecule has 1 fully saturated rings. The third-order valence-electron chi connectivity index (χ3n) is 8.21. The molecule has 234 valence electrons. The van der Waals surface area contributed by atoms with Crippen LogP contribution >= 0.6 is 0 Å². The smallest absolute Gasteiger partial charge is 0.319 e. The number of anilines is 2. The van der Waals surface area contributed by atoms with Crippen molar-refractivity contribution in [3.05, 3.63) is 119 Å². The molecule has 4 N–H and O–H groups in total. The van der Waals surface area contributed by atoms with E-state index < -0.39 is 0 Å². The number of amides is 3. The van der Waals surface area contributed by atoms with E-state index in [1.54, 1.807) is 0 Å². The van der Waals surface area contributed by atoms with Crippen LogP contribution < -0.4 is 21.3 Å². The number of rotatable bonds is 11. The highest BCUT2D eigenvalue weighted by Crippen LogP contribution is 2.33.